The molecule has 0 radical (unpaired) electrons. The molecule has 15 heavy (non-hydrogen) atoms. The fourth-order valence-corrected chi connectivity index (χ4v) is 1.48. The number of hydrogen-bond acceptors (Lipinski definition) is 1. The maximum absolute atomic E-state index is 4.40. The molecule has 0 fully saturated rings. The third kappa shape index (κ3) is 3.50. The van der Waals surface area contributed by atoms with Gasteiger partial charge in [-0.05, 0) is 36.0 Å². The van der Waals surface area contributed by atoms with Gasteiger partial charge in [0.2, 0.25) is 0 Å². The third-order valence-electron chi connectivity index (χ3n) is 2.85. The highest BCUT2D eigenvalue weighted by atomic mass is 14.7. The Hall–Kier alpha value is -1.11. The Morgan fingerprint density at radius 3 is 2.53 bits per heavy atom. The Labute approximate surface area is 93.2 Å². The molecule has 1 aromatic heterocycles. The average molecular weight is 203 g/mol. The number of aromatic nitrogens is 1. The quantitative estimate of drug-likeness (QED) is 0.710. The molecule has 0 saturated heterocycles. The summed E-state index contributed by atoms with van der Waals surface area (Å²) < 4.78 is 0. The molecule has 1 heterocycles. The van der Waals surface area contributed by atoms with Crippen molar-refractivity contribution in [3.8, 4) is 0 Å². The van der Waals surface area contributed by atoms with Gasteiger partial charge in [-0.3, -0.25) is 4.98 Å². The van der Waals surface area contributed by atoms with Gasteiger partial charge in [0, 0.05) is 6.20 Å². The molecule has 0 unspecified atom stereocenters. The monoisotopic (exact) mass is 203 g/mol. The topological polar surface area (TPSA) is 12.9 Å². The van der Waals surface area contributed by atoms with Crippen LogP contribution in [0.4, 0.5) is 0 Å². The highest BCUT2D eigenvalue weighted by molar-refractivity contribution is 5.62. The van der Waals surface area contributed by atoms with Crippen molar-refractivity contribution < 1.29 is 0 Å². The summed E-state index contributed by atoms with van der Waals surface area (Å²) in [6.45, 7) is 8.95. The van der Waals surface area contributed by atoms with Crippen LogP contribution in [0.15, 0.2) is 30.5 Å². The second-order valence-corrected chi connectivity index (χ2v) is 4.58. The molecule has 0 atom stereocenters. The van der Waals surface area contributed by atoms with E-state index in [9.17, 15) is 0 Å². The Morgan fingerprint density at radius 1 is 1.33 bits per heavy atom. The maximum atomic E-state index is 4.40. The molecular formula is C14H21N. The summed E-state index contributed by atoms with van der Waals surface area (Å²) in [7, 11) is 0. The van der Waals surface area contributed by atoms with Crippen LogP contribution in [0.5, 0.6) is 0 Å². The number of pyridine rings is 1. The predicted octanol–water partition coefficient (Wildman–Crippen LogP) is 4.31. The van der Waals surface area contributed by atoms with Gasteiger partial charge in [-0.15, -0.1) is 0 Å². The first kappa shape index (κ1) is 12.0. The van der Waals surface area contributed by atoms with Gasteiger partial charge < -0.3 is 0 Å². The van der Waals surface area contributed by atoms with E-state index >= 15 is 0 Å². The molecule has 1 nitrogen and oxygen atoms in total. The van der Waals surface area contributed by atoms with Crippen molar-refractivity contribution in [3.63, 3.8) is 0 Å². The van der Waals surface area contributed by atoms with E-state index in [4.69, 9.17) is 0 Å². The molecule has 0 aliphatic rings. The summed E-state index contributed by atoms with van der Waals surface area (Å²) in [6.07, 6.45) is 6.41. The first-order chi connectivity index (χ1) is 7.09. The van der Waals surface area contributed by atoms with Crippen LogP contribution in [0.2, 0.25) is 0 Å². The van der Waals surface area contributed by atoms with Gasteiger partial charge >= 0.3 is 0 Å². The lowest BCUT2D eigenvalue weighted by molar-refractivity contribution is 0.462. The maximum Gasteiger partial charge on any atom is 0.0658 e. The zero-order valence-electron chi connectivity index (χ0n) is 10.2. The number of allylic oxidation sites excluding steroid dienone is 2. The van der Waals surface area contributed by atoms with E-state index in [1.54, 1.807) is 0 Å². The van der Waals surface area contributed by atoms with Crippen LogP contribution in [0.25, 0.3) is 5.57 Å². The number of hydrogen-bond donors (Lipinski definition) is 0. The molecule has 82 valence electrons. The third-order valence-corrected chi connectivity index (χ3v) is 2.85. The summed E-state index contributed by atoms with van der Waals surface area (Å²) in [5.41, 5.74) is 2.73. The second kappa shape index (κ2) is 5.11. The lowest BCUT2D eigenvalue weighted by Crippen LogP contribution is -2.06. The van der Waals surface area contributed by atoms with Gasteiger partial charge in [0.15, 0.2) is 0 Å². The molecule has 0 aromatic carbocycles. The van der Waals surface area contributed by atoms with Crippen molar-refractivity contribution >= 4 is 5.57 Å². The van der Waals surface area contributed by atoms with E-state index < -0.39 is 0 Å². The summed E-state index contributed by atoms with van der Waals surface area (Å²) in [6, 6.07) is 6.09. The van der Waals surface area contributed by atoms with Gasteiger partial charge in [-0.25, -0.2) is 0 Å². The molecule has 0 N–H and O–H groups in total. The Balaban J connectivity index is 3.00. The van der Waals surface area contributed by atoms with Crippen LogP contribution >= 0.6 is 0 Å². The Kier molecular flexibility index (Phi) is 4.07. The van der Waals surface area contributed by atoms with Gasteiger partial charge in [-0.2, -0.15) is 0 Å². The van der Waals surface area contributed by atoms with Crippen molar-refractivity contribution in [3.05, 3.63) is 36.2 Å². The fraction of sp³-hybridized carbons (Fsp3) is 0.500. The second-order valence-electron chi connectivity index (χ2n) is 4.58. The van der Waals surface area contributed by atoms with Crippen LogP contribution < -0.4 is 0 Å². The van der Waals surface area contributed by atoms with Crippen molar-refractivity contribution in [2.75, 3.05) is 0 Å². The summed E-state index contributed by atoms with van der Waals surface area (Å²) >= 11 is 0. The summed E-state index contributed by atoms with van der Waals surface area (Å²) in [5, 5.41) is 0. The van der Waals surface area contributed by atoms with E-state index in [1.807, 2.05) is 18.3 Å². The van der Waals surface area contributed by atoms with Gasteiger partial charge in [0.1, 0.15) is 0 Å². The minimum Gasteiger partial charge on any atom is -0.257 e. The van der Waals surface area contributed by atoms with Crippen molar-refractivity contribution in [2.24, 2.45) is 5.41 Å². The van der Waals surface area contributed by atoms with Crippen LogP contribution in [0.1, 0.15) is 46.2 Å². The first-order valence-electron chi connectivity index (χ1n) is 5.72. The highest BCUT2D eigenvalue weighted by Gasteiger charge is 2.13. The lowest BCUT2D eigenvalue weighted by Gasteiger charge is -2.19. The van der Waals surface area contributed by atoms with E-state index in [0.29, 0.717) is 0 Å². The van der Waals surface area contributed by atoms with E-state index in [1.165, 1.54) is 5.57 Å². The lowest BCUT2D eigenvalue weighted by atomic mass is 9.86. The minimum atomic E-state index is 0.267. The molecule has 0 amide bonds. The molecule has 0 spiro atoms. The van der Waals surface area contributed by atoms with E-state index in [-0.39, 0.29) is 5.41 Å². The molecule has 0 aliphatic heterocycles. The fourth-order valence-electron chi connectivity index (χ4n) is 1.48. The van der Waals surface area contributed by atoms with Gasteiger partial charge in [0.25, 0.3) is 0 Å². The van der Waals surface area contributed by atoms with Crippen molar-refractivity contribution in [2.45, 2.75) is 40.5 Å². The van der Waals surface area contributed by atoms with Crippen LogP contribution in [0.3, 0.4) is 0 Å². The van der Waals surface area contributed by atoms with Gasteiger partial charge in [0.05, 0.1) is 5.69 Å². The highest BCUT2D eigenvalue weighted by Crippen LogP contribution is 2.27. The number of rotatable bonds is 4. The molecule has 0 bridgehead atoms. The summed E-state index contributed by atoms with van der Waals surface area (Å²) in [4.78, 5) is 4.40. The number of nitrogens with zero attached hydrogens (tertiary/aromatic N) is 1. The SMILES string of the molecule is CC/C(=C\C(C)(C)CC)c1ccccn1. The summed E-state index contributed by atoms with van der Waals surface area (Å²) in [5.74, 6) is 0. The zero-order chi connectivity index (χ0) is 11.3. The van der Waals surface area contributed by atoms with Crippen LogP contribution in [0, 0.1) is 5.41 Å². The Bertz CT molecular complexity index is 322. The minimum absolute atomic E-state index is 0.267. The first-order valence-corrected chi connectivity index (χ1v) is 5.72. The molecule has 0 saturated carbocycles. The van der Waals surface area contributed by atoms with Crippen molar-refractivity contribution in [1.29, 1.82) is 0 Å². The van der Waals surface area contributed by atoms with Crippen molar-refractivity contribution in [1.82, 2.24) is 4.98 Å². The molecular weight excluding hydrogens is 182 g/mol. The molecule has 1 heteroatoms. The smallest absolute Gasteiger partial charge is 0.0658 e. The van der Waals surface area contributed by atoms with Crippen LogP contribution in [-0.4, -0.2) is 4.98 Å². The van der Waals surface area contributed by atoms with Gasteiger partial charge in [-0.1, -0.05) is 39.8 Å². The molecule has 0 aliphatic carbocycles. The van der Waals surface area contributed by atoms with E-state index in [2.05, 4.69) is 44.8 Å². The predicted molar refractivity (Wildman–Crippen MR) is 66.6 cm³/mol. The van der Waals surface area contributed by atoms with Crippen LogP contribution in [-0.2, 0) is 0 Å². The average Bonchev–Trinajstić information content (AvgIpc) is 2.27. The normalized spacial score (nSPS) is 12.9. The standard InChI is InChI=1S/C14H21N/c1-5-12(11-14(3,4)6-2)13-9-7-8-10-15-13/h7-11H,5-6H2,1-4H3/b12-11+. The zero-order valence-corrected chi connectivity index (χ0v) is 10.2. The largest absolute Gasteiger partial charge is 0.257 e. The molecule has 1 rings (SSSR count). The van der Waals surface area contributed by atoms with E-state index in [0.717, 1.165) is 18.5 Å². The molecule has 1 aromatic rings. The Morgan fingerprint density at radius 2 is 2.07 bits per heavy atom.